The van der Waals surface area contributed by atoms with E-state index >= 15 is 0 Å². The topological polar surface area (TPSA) is 81.3 Å². The summed E-state index contributed by atoms with van der Waals surface area (Å²) in [6.45, 7) is 3.56. The lowest BCUT2D eigenvalue weighted by Gasteiger charge is -2.06. The van der Waals surface area contributed by atoms with E-state index < -0.39 is 11.9 Å². The maximum Gasteiger partial charge on any atom is 0.247 e. The smallest absolute Gasteiger partial charge is 0.247 e. The summed E-state index contributed by atoms with van der Waals surface area (Å²) in [5.74, 6) is -1.83. The number of nitrogens with one attached hydrogen (secondary N) is 2. The van der Waals surface area contributed by atoms with Crippen LogP contribution in [0.5, 0.6) is 0 Å². The minimum absolute atomic E-state index is 0.126. The molecule has 1 unspecified atom stereocenters. The summed E-state index contributed by atoms with van der Waals surface area (Å²) in [6.07, 6.45) is 0.110. The fourth-order valence-corrected chi connectivity index (χ4v) is 1.04. The first kappa shape index (κ1) is 8.58. The van der Waals surface area contributed by atoms with E-state index in [1.807, 2.05) is 0 Å². The van der Waals surface area contributed by atoms with Crippen LogP contribution >= 0.6 is 0 Å². The van der Waals surface area contributed by atoms with Crippen molar-refractivity contribution < 1.29 is 14.7 Å². The highest BCUT2D eigenvalue weighted by Gasteiger charge is 2.26. The molecule has 1 fully saturated rings. The number of hydrazine groups is 1. The van der Waals surface area contributed by atoms with Crippen molar-refractivity contribution in [2.75, 3.05) is 0 Å². The third kappa shape index (κ3) is 1.75. The van der Waals surface area contributed by atoms with E-state index in [2.05, 4.69) is 17.4 Å². The molecular weight excluding hydrogens is 160 g/mol. The van der Waals surface area contributed by atoms with E-state index in [1.165, 1.54) is 0 Å². The standard InChI is InChI=1S/C7H10N2O3/c1-4-5(2-3-6(10)11)7(12)9-8-4/h5,8H,1-3H2,(H,9,12)(H,10,11)/p-1. The number of hydrogen-bond acceptors (Lipinski definition) is 4. The predicted octanol–water partition coefficient (Wildman–Crippen LogP) is -1.72. The zero-order valence-electron chi connectivity index (χ0n) is 6.42. The van der Waals surface area contributed by atoms with E-state index in [1.54, 1.807) is 0 Å². The molecule has 1 aliphatic heterocycles. The summed E-state index contributed by atoms with van der Waals surface area (Å²) < 4.78 is 0. The van der Waals surface area contributed by atoms with E-state index in [0.717, 1.165) is 0 Å². The van der Waals surface area contributed by atoms with E-state index in [9.17, 15) is 14.7 Å². The van der Waals surface area contributed by atoms with Crippen LogP contribution in [0.3, 0.4) is 0 Å². The van der Waals surface area contributed by atoms with Crippen LogP contribution in [0.15, 0.2) is 12.3 Å². The molecule has 1 rings (SSSR count). The Hall–Kier alpha value is -1.52. The molecule has 0 bridgehead atoms. The van der Waals surface area contributed by atoms with Crippen molar-refractivity contribution >= 4 is 11.9 Å². The molecule has 0 aliphatic carbocycles. The monoisotopic (exact) mass is 169 g/mol. The summed E-state index contributed by atoms with van der Waals surface area (Å²) in [7, 11) is 0. The third-order valence-electron chi connectivity index (χ3n) is 1.72. The highest BCUT2D eigenvalue weighted by molar-refractivity contribution is 5.84. The summed E-state index contributed by atoms with van der Waals surface area (Å²) in [5.41, 5.74) is 5.39. The zero-order chi connectivity index (χ0) is 9.14. The molecule has 0 aromatic rings. The molecule has 2 N–H and O–H groups in total. The first-order chi connectivity index (χ1) is 5.61. The molecule has 66 valence electrons. The van der Waals surface area contributed by atoms with Gasteiger partial charge in [0.15, 0.2) is 0 Å². The van der Waals surface area contributed by atoms with Crippen molar-refractivity contribution in [2.45, 2.75) is 12.8 Å². The van der Waals surface area contributed by atoms with E-state index in [0.29, 0.717) is 5.70 Å². The Bertz CT molecular complexity index is 221. The van der Waals surface area contributed by atoms with Gasteiger partial charge in [-0.2, -0.15) is 0 Å². The second-order valence-corrected chi connectivity index (χ2v) is 2.60. The Morgan fingerprint density at radius 3 is 2.67 bits per heavy atom. The van der Waals surface area contributed by atoms with Gasteiger partial charge in [-0.1, -0.05) is 6.58 Å². The van der Waals surface area contributed by atoms with Gasteiger partial charge in [0.2, 0.25) is 5.91 Å². The van der Waals surface area contributed by atoms with Gasteiger partial charge in [-0.3, -0.25) is 10.2 Å². The number of carboxylic acid groups (broad SMARTS) is 1. The molecule has 0 aromatic heterocycles. The SMILES string of the molecule is C=C1NNC(=O)C1CCC(=O)[O-]. The number of hydrogen-bond donors (Lipinski definition) is 2. The minimum Gasteiger partial charge on any atom is -0.550 e. The zero-order valence-corrected chi connectivity index (χ0v) is 6.42. The van der Waals surface area contributed by atoms with E-state index in [-0.39, 0.29) is 18.7 Å². The lowest BCUT2D eigenvalue weighted by molar-refractivity contribution is -0.305. The van der Waals surface area contributed by atoms with Gasteiger partial charge in [-0.25, -0.2) is 0 Å². The Labute approximate surface area is 69.4 Å². The van der Waals surface area contributed by atoms with Gasteiger partial charge >= 0.3 is 0 Å². The average molecular weight is 169 g/mol. The third-order valence-corrected chi connectivity index (χ3v) is 1.72. The molecule has 1 heterocycles. The van der Waals surface area contributed by atoms with Gasteiger partial charge in [0.05, 0.1) is 5.92 Å². The van der Waals surface area contributed by atoms with Crippen molar-refractivity contribution in [2.24, 2.45) is 5.92 Å². The van der Waals surface area contributed by atoms with Crippen LogP contribution in [0.25, 0.3) is 0 Å². The summed E-state index contributed by atoms with van der Waals surface area (Å²) in [4.78, 5) is 21.0. The number of carboxylic acids is 1. The first-order valence-corrected chi connectivity index (χ1v) is 3.56. The van der Waals surface area contributed by atoms with E-state index in [4.69, 9.17) is 0 Å². The van der Waals surface area contributed by atoms with Gasteiger partial charge in [-0.05, 0) is 12.8 Å². The maximum atomic E-state index is 10.9. The normalized spacial score (nSPS) is 21.8. The quantitative estimate of drug-likeness (QED) is 0.526. The van der Waals surface area contributed by atoms with Gasteiger partial charge in [0, 0.05) is 11.7 Å². The summed E-state index contributed by atoms with van der Waals surface area (Å²) in [6, 6.07) is 0. The lowest BCUT2D eigenvalue weighted by atomic mass is 10.0. The molecule has 5 heteroatoms. The van der Waals surface area contributed by atoms with Crippen LogP contribution in [0.4, 0.5) is 0 Å². The van der Waals surface area contributed by atoms with Crippen molar-refractivity contribution in [3.63, 3.8) is 0 Å². The second kappa shape index (κ2) is 3.25. The van der Waals surface area contributed by atoms with Crippen LogP contribution < -0.4 is 16.0 Å². The van der Waals surface area contributed by atoms with Crippen molar-refractivity contribution in [1.82, 2.24) is 10.9 Å². The van der Waals surface area contributed by atoms with Crippen LogP contribution in [0.2, 0.25) is 0 Å². The number of aliphatic carboxylic acids is 1. The fourth-order valence-electron chi connectivity index (χ4n) is 1.04. The Kier molecular flexibility index (Phi) is 2.32. The van der Waals surface area contributed by atoms with Gasteiger partial charge in [-0.15, -0.1) is 0 Å². The van der Waals surface area contributed by atoms with Crippen LogP contribution in [0, 0.1) is 5.92 Å². The molecule has 0 aromatic carbocycles. The maximum absolute atomic E-state index is 10.9. The van der Waals surface area contributed by atoms with Gasteiger partial charge < -0.3 is 15.3 Å². The Morgan fingerprint density at radius 1 is 1.58 bits per heavy atom. The van der Waals surface area contributed by atoms with Crippen LogP contribution in [-0.4, -0.2) is 11.9 Å². The Balaban J connectivity index is 2.45. The van der Waals surface area contributed by atoms with Gasteiger partial charge in [0.1, 0.15) is 0 Å². The minimum atomic E-state index is -1.15. The highest BCUT2D eigenvalue weighted by atomic mass is 16.4. The summed E-state index contributed by atoms with van der Waals surface area (Å²) >= 11 is 0. The second-order valence-electron chi connectivity index (χ2n) is 2.60. The number of rotatable bonds is 3. The molecular formula is C7H9N2O3-. The first-order valence-electron chi connectivity index (χ1n) is 3.56. The molecule has 1 amide bonds. The Morgan fingerprint density at radius 2 is 2.25 bits per heavy atom. The number of carbonyl (C=O) groups is 2. The molecule has 0 radical (unpaired) electrons. The number of amides is 1. The fraction of sp³-hybridized carbons (Fsp3) is 0.429. The highest BCUT2D eigenvalue weighted by Crippen LogP contribution is 2.16. The lowest BCUT2D eigenvalue weighted by Crippen LogP contribution is -2.27. The van der Waals surface area contributed by atoms with Gasteiger partial charge in [0.25, 0.3) is 0 Å². The molecule has 1 saturated heterocycles. The van der Waals surface area contributed by atoms with Crippen LogP contribution in [0.1, 0.15) is 12.8 Å². The van der Waals surface area contributed by atoms with Crippen molar-refractivity contribution in [3.8, 4) is 0 Å². The van der Waals surface area contributed by atoms with Crippen LogP contribution in [-0.2, 0) is 9.59 Å². The molecule has 0 spiro atoms. The predicted molar refractivity (Wildman–Crippen MR) is 38.1 cm³/mol. The summed E-state index contributed by atoms with van der Waals surface area (Å²) in [5, 5.41) is 10.1. The van der Waals surface area contributed by atoms with Crippen molar-refractivity contribution in [3.05, 3.63) is 12.3 Å². The molecule has 0 saturated carbocycles. The molecule has 5 nitrogen and oxygen atoms in total. The largest absolute Gasteiger partial charge is 0.550 e. The molecule has 1 aliphatic rings. The average Bonchev–Trinajstić information content (AvgIpc) is 2.28. The van der Waals surface area contributed by atoms with Crippen molar-refractivity contribution in [1.29, 1.82) is 0 Å². The number of carbonyl (C=O) groups excluding carboxylic acids is 2. The molecule has 1 atom stereocenters. The molecule has 12 heavy (non-hydrogen) atoms.